The molecule has 2 rings (SSSR count). The fraction of sp³-hybridized carbons (Fsp3) is 0.571. The molecule has 0 aliphatic rings. The summed E-state index contributed by atoms with van der Waals surface area (Å²) in [6, 6.07) is 2.10. The summed E-state index contributed by atoms with van der Waals surface area (Å²) in [5.74, 6) is 0. The minimum Gasteiger partial charge on any atom is -0.394 e. The van der Waals surface area contributed by atoms with Gasteiger partial charge in [-0.05, 0) is 32.9 Å². The lowest BCUT2D eigenvalue weighted by atomic mass is 10.3. The van der Waals surface area contributed by atoms with Crippen molar-refractivity contribution < 1.29 is 5.11 Å². The minimum absolute atomic E-state index is 0.122. The van der Waals surface area contributed by atoms with E-state index < -0.39 is 0 Å². The van der Waals surface area contributed by atoms with Crippen LogP contribution in [0.3, 0.4) is 0 Å². The van der Waals surface area contributed by atoms with Gasteiger partial charge in [-0.3, -0.25) is 9.36 Å². The maximum atomic E-state index is 8.82. The van der Waals surface area contributed by atoms with Crippen LogP contribution in [-0.2, 0) is 19.6 Å². The van der Waals surface area contributed by atoms with Crippen LogP contribution in [0.4, 0.5) is 0 Å². The zero-order valence-electron chi connectivity index (χ0n) is 12.2. The lowest BCUT2D eigenvalue weighted by Crippen LogP contribution is -2.17. The lowest BCUT2D eigenvalue weighted by Gasteiger charge is -2.05. The highest BCUT2D eigenvalue weighted by molar-refractivity contribution is 5.06. The molecule has 2 aromatic heterocycles. The van der Waals surface area contributed by atoms with Crippen LogP contribution in [-0.4, -0.2) is 37.8 Å². The van der Waals surface area contributed by atoms with Crippen molar-refractivity contribution >= 4 is 0 Å². The van der Waals surface area contributed by atoms with Crippen molar-refractivity contribution in [1.82, 2.24) is 24.9 Å². The molecule has 110 valence electrons. The molecule has 0 fully saturated rings. The molecule has 0 amide bonds. The molecule has 2 N–H and O–H groups in total. The zero-order valence-corrected chi connectivity index (χ0v) is 12.2. The van der Waals surface area contributed by atoms with Crippen molar-refractivity contribution in [3.63, 3.8) is 0 Å². The first kappa shape index (κ1) is 14.7. The summed E-state index contributed by atoms with van der Waals surface area (Å²) in [4.78, 5) is 0. The maximum absolute atomic E-state index is 8.82. The zero-order chi connectivity index (χ0) is 14.4. The van der Waals surface area contributed by atoms with Crippen molar-refractivity contribution in [3.8, 4) is 0 Å². The summed E-state index contributed by atoms with van der Waals surface area (Å²) in [5.41, 5.74) is 3.43. The van der Waals surface area contributed by atoms with E-state index in [1.165, 1.54) is 5.69 Å². The molecule has 0 aliphatic heterocycles. The number of hydrogen-bond donors (Lipinski definition) is 2. The van der Waals surface area contributed by atoms with Crippen molar-refractivity contribution in [2.45, 2.75) is 39.9 Å². The van der Waals surface area contributed by atoms with Gasteiger partial charge in [0.1, 0.15) is 0 Å². The second-order valence-electron chi connectivity index (χ2n) is 5.02. The minimum atomic E-state index is 0.122. The molecule has 0 bridgehead atoms. The highest BCUT2D eigenvalue weighted by atomic mass is 16.3. The predicted octanol–water partition coefficient (Wildman–Crippen LogP) is 0.869. The number of aliphatic hydroxyl groups is 1. The number of hydrogen-bond acceptors (Lipinski definition) is 4. The first-order valence-electron chi connectivity index (χ1n) is 7.03. The van der Waals surface area contributed by atoms with E-state index in [2.05, 4.69) is 33.2 Å². The van der Waals surface area contributed by atoms with Crippen LogP contribution in [0.1, 0.15) is 23.4 Å². The molecule has 0 radical (unpaired) electrons. The van der Waals surface area contributed by atoms with Gasteiger partial charge in [-0.2, -0.15) is 10.2 Å². The van der Waals surface area contributed by atoms with E-state index in [0.29, 0.717) is 6.54 Å². The SMILES string of the molecule is Cc1cc(C)n(CCCNCc2cnn(CCO)c2)n1. The number of aryl methyl sites for hydroxylation is 3. The number of rotatable bonds is 8. The van der Waals surface area contributed by atoms with Gasteiger partial charge < -0.3 is 10.4 Å². The van der Waals surface area contributed by atoms with Crippen molar-refractivity contribution in [3.05, 3.63) is 35.4 Å². The Labute approximate surface area is 119 Å². The molecule has 0 spiro atoms. The molecule has 0 saturated heterocycles. The predicted molar refractivity (Wildman–Crippen MR) is 77.3 cm³/mol. The van der Waals surface area contributed by atoms with E-state index in [4.69, 9.17) is 5.11 Å². The topological polar surface area (TPSA) is 67.9 Å². The highest BCUT2D eigenvalue weighted by Crippen LogP contribution is 2.02. The second-order valence-corrected chi connectivity index (χ2v) is 5.02. The Morgan fingerprint density at radius 3 is 2.85 bits per heavy atom. The van der Waals surface area contributed by atoms with Crippen LogP contribution < -0.4 is 5.32 Å². The molecule has 6 nitrogen and oxygen atoms in total. The molecule has 0 atom stereocenters. The van der Waals surface area contributed by atoms with Crippen molar-refractivity contribution in [1.29, 1.82) is 0 Å². The van der Waals surface area contributed by atoms with E-state index in [1.807, 2.05) is 19.3 Å². The van der Waals surface area contributed by atoms with E-state index in [-0.39, 0.29) is 6.61 Å². The molecule has 0 aromatic carbocycles. The molecule has 0 saturated carbocycles. The van der Waals surface area contributed by atoms with Gasteiger partial charge in [0.15, 0.2) is 0 Å². The quantitative estimate of drug-likeness (QED) is 0.703. The first-order chi connectivity index (χ1) is 9.69. The normalized spacial score (nSPS) is 11.2. The summed E-state index contributed by atoms with van der Waals surface area (Å²) in [6.45, 7) is 7.48. The third-order valence-electron chi connectivity index (χ3n) is 3.17. The standard InChI is InChI=1S/C14H23N5O/c1-12-8-13(2)19(17-12)5-3-4-15-9-14-10-16-18(11-14)6-7-20/h8,10-11,15,20H,3-7,9H2,1-2H3. The maximum Gasteiger partial charge on any atom is 0.0640 e. The molecule has 0 aliphatic carbocycles. The number of aromatic nitrogens is 4. The van der Waals surface area contributed by atoms with Crippen LogP contribution in [0.5, 0.6) is 0 Å². The first-order valence-corrected chi connectivity index (χ1v) is 7.03. The average Bonchev–Trinajstić information content (AvgIpc) is 2.97. The van der Waals surface area contributed by atoms with Gasteiger partial charge in [0.25, 0.3) is 0 Å². The van der Waals surface area contributed by atoms with E-state index in [1.54, 1.807) is 4.68 Å². The fourth-order valence-electron chi connectivity index (χ4n) is 2.21. The van der Waals surface area contributed by atoms with E-state index >= 15 is 0 Å². The summed E-state index contributed by atoms with van der Waals surface area (Å²) in [5, 5.41) is 20.8. The Kier molecular flexibility index (Phi) is 5.31. The van der Waals surface area contributed by atoms with Crippen LogP contribution >= 0.6 is 0 Å². The van der Waals surface area contributed by atoms with Crippen molar-refractivity contribution in [2.75, 3.05) is 13.2 Å². The molecule has 2 aromatic rings. The Morgan fingerprint density at radius 1 is 1.30 bits per heavy atom. The summed E-state index contributed by atoms with van der Waals surface area (Å²) in [6.07, 6.45) is 4.85. The number of aliphatic hydroxyl groups excluding tert-OH is 1. The van der Waals surface area contributed by atoms with Gasteiger partial charge >= 0.3 is 0 Å². The molecule has 2 heterocycles. The van der Waals surface area contributed by atoms with Crippen molar-refractivity contribution in [2.24, 2.45) is 0 Å². The molecular weight excluding hydrogens is 254 g/mol. The molecule has 20 heavy (non-hydrogen) atoms. The van der Waals surface area contributed by atoms with Gasteiger partial charge in [0, 0.05) is 30.5 Å². The highest BCUT2D eigenvalue weighted by Gasteiger charge is 2.01. The van der Waals surface area contributed by atoms with Gasteiger partial charge in [0.05, 0.1) is 25.0 Å². The van der Waals surface area contributed by atoms with Gasteiger partial charge in [-0.15, -0.1) is 0 Å². The Bertz CT molecular complexity index is 531. The third-order valence-corrected chi connectivity index (χ3v) is 3.17. The fourth-order valence-corrected chi connectivity index (χ4v) is 2.21. The molecule has 6 heteroatoms. The smallest absolute Gasteiger partial charge is 0.0640 e. The summed E-state index contributed by atoms with van der Waals surface area (Å²) in [7, 11) is 0. The van der Waals surface area contributed by atoms with Crippen LogP contribution in [0, 0.1) is 13.8 Å². The number of nitrogens with one attached hydrogen (secondary N) is 1. The van der Waals surface area contributed by atoms with Gasteiger partial charge in [0.2, 0.25) is 0 Å². The van der Waals surface area contributed by atoms with E-state index in [9.17, 15) is 0 Å². The monoisotopic (exact) mass is 277 g/mol. The van der Waals surface area contributed by atoms with Gasteiger partial charge in [-0.1, -0.05) is 0 Å². The van der Waals surface area contributed by atoms with Crippen LogP contribution in [0.25, 0.3) is 0 Å². The Morgan fingerprint density at radius 2 is 2.15 bits per heavy atom. The van der Waals surface area contributed by atoms with Gasteiger partial charge in [-0.25, -0.2) is 0 Å². The van der Waals surface area contributed by atoms with E-state index in [0.717, 1.165) is 37.3 Å². The number of nitrogens with zero attached hydrogens (tertiary/aromatic N) is 4. The summed E-state index contributed by atoms with van der Waals surface area (Å²) < 4.78 is 3.81. The van der Waals surface area contributed by atoms with Crippen LogP contribution in [0.2, 0.25) is 0 Å². The Hall–Kier alpha value is -1.66. The second kappa shape index (κ2) is 7.21. The molecular formula is C14H23N5O. The summed E-state index contributed by atoms with van der Waals surface area (Å²) >= 11 is 0. The third kappa shape index (κ3) is 4.18. The lowest BCUT2D eigenvalue weighted by molar-refractivity contribution is 0.269. The molecule has 0 unspecified atom stereocenters. The largest absolute Gasteiger partial charge is 0.394 e. The van der Waals surface area contributed by atoms with Crippen LogP contribution in [0.15, 0.2) is 18.5 Å². The Balaban J connectivity index is 1.65. The average molecular weight is 277 g/mol.